The molecule has 0 amide bonds. The molecule has 0 aliphatic heterocycles. The van der Waals surface area contributed by atoms with Crippen LogP contribution in [0.4, 0.5) is 10.2 Å². The number of rotatable bonds is 3. The molecule has 1 aromatic carbocycles. The Morgan fingerprint density at radius 3 is 3.05 bits per heavy atom. The smallest absolute Gasteiger partial charge is 0.368 e. The Kier molecular flexibility index (Phi) is 2.62. The van der Waals surface area contributed by atoms with E-state index in [9.17, 15) is 9.18 Å². The van der Waals surface area contributed by atoms with Crippen LogP contribution in [0.5, 0.6) is 0 Å². The Hall–Kier alpha value is -2.97. The molecule has 1 aliphatic rings. The van der Waals surface area contributed by atoms with Crippen molar-refractivity contribution in [1.82, 2.24) is 20.0 Å². The van der Waals surface area contributed by atoms with Crippen molar-refractivity contribution in [3.05, 3.63) is 45.7 Å². The molecule has 4 rings (SSSR count). The topological polar surface area (TPSA) is 99.0 Å². The van der Waals surface area contributed by atoms with Crippen LogP contribution >= 0.6 is 0 Å². The highest BCUT2D eigenvalue weighted by Crippen LogP contribution is 2.38. The average molecular weight is 303 g/mol. The van der Waals surface area contributed by atoms with Crippen LogP contribution in [0.3, 0.4) is 0 Å². The number of halogens is 1. The van der Waals surface area contributed by atoms with Crippen molar-refractivity contribution in [2.24, 2.45) is 0 Å². The van der Waals surface area contributed by atoms with E-state index < -0.39 is 5.76 Å². The maximum Gasteiger partial charge on any atom is 0.442 e. The van der Waals surface area contributed by atoms with E-state index in [1.54, 1.807) is 13.1 Å². The summed E-state index contributed by atoms with van der Waals surface area (Å²) in [6, 6.07) is 4.16. The molecule has 22 heavy (non-hydrogen) atoms. The lowest BCUT2D eigenvalue weighted by molar-refractivity contribution is 0.309. The molecule has 1 N–H and O–H groups in total. The lowest BCUT2D eigenvalue weighted by Gasteiger charge is -2.30. The summed E-state index contributed by atoms with van der Waals surface area (Å²) < 4.78 is 24.2. The lowest BCUT2D eigenvalue weighted by Crippen LogP contribution is -2.31. The number of nitrogens with zero attached hydrogens (tertiary/aromatic N) is 4. The standard InChI is InChI=1S/C13H10FN5O3/c1-15-11-10(16-22-17-11)12-18-21-13(20)19(12)9-4-6-2-3-7(14)5-8(6)9/h2-3,5,9H,4H2,1H3,(H,15,17). The van der Waals surface area contributed by atoms with Gasteiger partial charge >= 0.3 is 5.76 Å². The van der Waals surface area contributed by atoms with Gasteiger partial charge in [0.05, 0.1) is 6.04 Å². The Balaban J connectivity index is 1.85. The van der Waals surface area contributed by atoms with Gasteiger partial charge in [-0.05, 0) is 40.0 Å². The number of benzene rings is 1. The zero-order valence-electron chi connectivity index (χ0n) is 11.4. The van der Waals surface area contributed by atoms with Gasteiger partial charge < -0.3 is 5.32 Å². The molecule has 0 fully saturated rings. The molecule has 3 aromatic rings. The summed E-state index contributed by atoms with van der Waals surface area (Å²) in [6.45, 7) is 0. The first kappa shape index (κ1) is 12.7. The fraction of sp³-hybridized carbons (Fsp3) is 0.231. The molecule has 9 heteroatoms. The maximum absolute atomic E-state index is 13.4. The number of hydrogen-bond donors (Lipinski definition) is 1. The van der Waals surface area contributed by atoms with Gasteiger partial charge in [0, 0.05) is 7.05 Å². The average Bonchev–Trinajstić information content (AvgIpc) is 3.09. The van der Waals surface area contributed by atoms with E-state index >= 15 is 0 Å². The normalized spacial score (nSPS) is 16.2. The fourth-order valence-electron chi connectivity index (χ4n) is 2.67. The third kappa shape index (κ3) is 1.68. The van der Waals surface area contributed by atoms with E-state index in [1.165, 1.54) is 16.7 Å². The molecule has 0 saturated heterocycles. The number of anilines is 1. The van der Waals surface area contributed by atoms with Crippen molar-refractivity contribution in [2.45, 2.75) is 12.5 Å². The fourth-order valence-corrected chi connectivity index (χ4v) is 2.67. The number of nitrogens with one attached hydrogen (secondary N) is 1. The van der Waals surface area contributed by atoms with Gasteiger partial charge in [0.15, 0.2) is 5.69 Å². The Bertz CT molecular complexity index is 913. The van der Waals surface area contributed by atoms with E-state index in [2.05, 4.69) is 25.4 Å². The third-order valence-corrected chi connectivity index (χ3v) is 3.76. The minimum Gasteiger partial charge on any atom is -0.368 e. The van der Waals surface area contributed by atoms with Gasteiger partial charge in [0.2, 0.25) is 11.6 Å². The Morgan fingerprint density at radius 1 is 1.36 bits per heavy atom. The summed E-state index contributed by atoms with van der Waals surface area (Å²) in [5, 5.41) is 13.9. The second-order valence-electron chi connectivity index (χ2n) is 4.92. The third-order valence-electron chi connectivity index (χ3n) is 3.76. The van der Waals surface area contributed by atoms with Crippen molar-refractivity contribution in [3.63, 3.8) is 0 Å². The zero-order chi connectivity index (χ0) is 15.3. The van der Waals surface area contributed by atoms with Gasteiger partial charge in [-0.2, -0.15) is 0 Å². The molecule has 2 aromatic heterocycles. The van der Waals surface area contributed by atoms with E-state index in [-0.39, 0.29) is 23.4 Å². The summed E-state index contributed by atoms with van der Waals surface area (Å²) in [6.07, 6.45) is 0.587. The molecular formula is C13H10FN5O3. The van der Waals surface area contributed by atoms with Crippen LogP contribution in [0.15, 0.2) is 32.1 Å². The summed E-state index contributed by atoms with van der Waals surface area (Å²) in [4.78, 5) is 12.0. The summed E-state index contributed by atoms with van der Waals surface area (Å²) in [5.41, 5.74) is 1.98. The second-order valence-corrected chi connectivity index (χ2v) is 4.92. The van der Waals surface area contributed by atoms with Crippen LogP contribution < -0.4 is 11.1 Å². The SMILES string of the molecule is CNc1nonc1-c1noc(=O)n1C1Cc2ccc(F)cc21. The number of aromatic nitrogens is 4. The van der Waals surface area contributed by atoms with Crippen molar-refractivity contribution in [3.8, 4) is 11.5 Å². The van der Waals surface area contributed by atoms with Gasteiger partial charge in [-0.3, -0.25) is 4.52 Å². The Morgan fingerprint density at radius 2 is 2.23 bits per heavy atom. The van der Waals surface area contributed by atoms with Crippen LogP contribution in [0.1, 0.15) is 17.2 Å². The second kappa shape index (κ2) is 4.52. The molecule has 0 radical (unpaired) electrons. The first-order valence-corrected chi connectivity index (χ1v) is 6.56. The molecule has 0 spiro atoms. The van der Waals surface area contributed by atoms with E-state index in [0.29, 0.717) is 12.2 Å². The lowest BCUT2D eigenvalue weighted by atomic mass is 9.83. The molecule has 1 atom stereocenters. The van der Waals surface area contributed by atoms with E-state index in [4.69, 9.17) is 4.52 Å². The maximum atomic E-state index is 13.4. The molecule has 2 heterocycles. The van der Waals surface area contributed by atoms with Gasteiger partial charge in [-0.25, -0.2) is 18.4 Å². The summed E-state index contributed by atoms with van der Waals surface area (Å²) >= 11 is 0. The minimum atomic E-state index is -0.639. The molecule has 8 nitrogen and oxygen atoms in total. The van der Waals surface area contributed by atoms with Crippen molar-refractivity contribution >= 4 is 5.82 Å². The predicted octanol–water partition coefficient (Wildman–Crippen LogP) is 1.21. The van der Waals surface area contributed by atoms with Gasteiger partial charge in [0.1, 0.15) is 5.82 Å². The van der Waals surface area contributed by atoms with Gasteiger partial charge in [-0.1, -0.05) is 11.2 Å². The van der Waals surface area contributed by atoms with Crippen LogP contribution in [0.2, 0.25) is 0 Å². The summed E-state index contributed by atoms with van der Waals surface area (Å²) in [7, 11) is 1.64. The molecular weight excluding hydrogens is 293 g/mol. The molecule has 0 saturated carbocycles. The molecule has 1 unspecified atom stereocenters. The Labute approximate surface area is 122 Å². The van der Waals surface area contributed by atoms with E-state index in [1.807, 2.05) is 0 Å². The van der Waals surface area contributed by atoms with Crippen molar-refractivity contribution in [2.75, 3.05) is 12.4 Å². The highest BCUT2D eigenvalue weighted by Gasteiger charge is 2.34. The van der Waals surface area contributed by atoms with Gasteiger partial charge in [0.25, 0.3) is 0 Å². The van der Waals surface area contributed by atoms with Crippen LogP contribution in [-0.4, -0.2) is 27.1 Å². The first-order valence-electron chi connectivity index (χ1n) is 6.56. The monoisotopic (exact) mass is 303 g/mol. The predicted molar refractivity (Wildman–Crippen MR) is 71.8 cm³/mol. The van der Waals surface area contributed by atoms with Crippen LogP contribution in [0, 0.1) is 5.82 Å². The quantitative estimate of drug-likeness (QED) is 0.776. The summed E-state index contributed by atoms with van der Waals surface area (Å²) in [5.74, 6) is -0.468. The highest BCUT2D eigenvalue weighted by atomic mass is 19.1. The van der Waals surface area contributed by atoms with Crippen LogP contribution in [-0.2, 0) is 6.42 Å². The highest BCUT2D eigenvalue weighted by molar-refractivity contribution is 5.64. The largest absolute Gasteiger partial charge is 0.442 e. The van der Waals surface area contributed by atoms with Crippen LogP contribution in [0.25, 0.3) is 11.5 Å². The molecule has 0 bridgehead atoms. The number of fused-ring (bicyclic) bond motifs is 1. The first-order chi connectivity index (χ1) is 10.7. The zero-order valence-corrected chi connectivity index (χ0v) is 11.4. The van der Waals surface area contributed by atoms with Crippen molar-refractivity contribution < 1.29 is 13.5 Å². The van der Waals surface area contributed by atoms with E-state index in [0.717, 1.165) is 11.1 Å². The van der Waals surface area contributed by atoms with Crippen molar-refractivity contribution in [1.29, 1.82) is 0 Å². The number of hydrogen-bond acceptors (Lipinski definition) is 7. The van der Waals surface area contributed by atoms with Gasteiger partial charge in [-0.15, -0.1) is 0 Å². The molecule has 1 aliphatic carbocycles. The minimum absolute atomic E-state index is 0.190. The molecule has 112 valence electrons.